The van der Waals surface area contributed by atoms with Crippen LogP contribution in [0.1, 0.15) is 16.1 Å². The van der Waals surface area contributed by atoms with E-state index in [-0.39, 0.29) is 17.9 Å². The Bertz CT molecular complexity index is 849. The highest BCUT2D eigenvalue weighted by Gasteiger charge is 2.12. The zero-order valence-corrected chi connectivity index (χ0v) is 11.4. The molecule has 5 heteroatoms. The van der Waals surface area contributed by atoms with Crippen LogP contribution in [0.5, 0.6) is 0 Å². The number of fused-ring (bicyclic) bond motifs is 1. The molecule has 0 N–H and O–H groups in total. The van der Waals surface area contributed by atoms with Crippen molar-refractivity contribution in [2.45, 2.75) is 6.61 Å². The molecular weight excluding hydrogens is 288 g/mol. The first kappa shape index (κ1) is 14.1. The lowest BCUT2D eigenvalue weighted by atomic mass is 10.2. The SMILES string of the molecule is O=C(OCc1ccc(F)cc1F)c1ccc2ccccc2n1. The molecule has 1 aromatic heterocycles. The van der Waals surface area contributed by atoms with E-state index < -0.39 is 17.6 Å². The van der Waals surface area contributed by atoms with Gasteiger partial charge in [0.05, 0.1) is 5.52 Å². The van der Waals surface area contributed by atoms with Crippen LogP contribution < -0.4 is 0 Å². The Kier molecular flexibility index (Phi) is 3.78. The van der Waals surface area contributed by atoms with Gasteiger partial charge in [0.1, 0.15) is 23.9 Å². The van der Waals surface area contributed by atoms with Crippen molar-refractivity contribution in [1.82, 2.24) is 4.98 Å². The molecule has 0 aliphatic carbocycles. The Labute approximate surface area is 125 Å². The van der Waals surface area contributed by atoms with E-state index in [0.717, 1.165) is 17.5 Å². The number of para-hydroxylation sites is 1. The minimum Gasteiger partial charge on any atom is -0.456 e. The molecule has 0 saturated heterocycles. The van der Waals surface area contributed by atoms with Crippen molar-refractivity contribution in [1.29, 1.82) is 0 Å². The number of rotatable bonds is 3. The van der Waals surface area contributed by atoms with E-state index in [9.17, 15) is 13.6 Å². The predicted octanol–water partition coefficient (Wildman–Crippen LogP) is 3.87. The smallest absolute Gasteiger partial charge is 0.357 e. The van der Waals surface area contributed by atoms with Crippen LogP contribution in [0.2, 0.25) is 0 Å². The number of carbonyl (C=O) groups excluding carboxylic acids is 1. The summed E-state index contributed by atoms with van der Waals surface area (Å²) in [5.74, 6) is -2.09. The molecule has 0 amide bonds. The van der Waals surface area contributed by atoms with Crippen LogP contribution >= 0.6 is 0 Å². The number of esters is 1. The molecule has 2 aromatic carbocycles. The third kappa shape index (κ3) is 2.93. The van der Waals surface area contributed by atoms with E-state index in [1.165, 1.54) is 6.07 Å². The van der Waals surface area contributed by atoms with Crippen LogP contribution in [-0.2, 0) is 11.3 Å². The monoisotopic (exact) mass is 299 g/mol. The molecule has 0 aliphatic rings. The average Bonchev–Trinajstić information content (AvgIpc) is 2.53. The van der Waals surface area contributed by atoms with Crippen LogP contribution in [0, 0.1) is 11.6 Å². The van der Waals surface area contributed by atoms with Crippen molar-refractivity contribution in [3.8, 4) is 0 Å². The summed E-state index contributed by atoms with van der Waals surface area (Å²) in [6.07, 6.45) is 0. The fourth-order valence-electron chi connectivity index (χ4n) is 2.04. The van der Waals surface area contributed by atoms with E-state index >= 15 is 0 Å². The number of hydrogen-bond acceptors (Lipinski definition) is 3. The lowest BCUT2D eigenvalue weighted by molar-refractivity contribution is 0.0462. The summed E-state index contributed by atoms with van der Waals surface area (Å²) >= 11 is 0. The number of benzene rings is 2. The first-order valence-corrected chi connectivity index (χ1v) is 6.60. The molecule has 3 rings (SSSR count). The van der Waals surface area contributed by atoms with Gasteiger partial charge >= 0.3 is 5.97 Å². The second-order valence-electron chi connectivity index (χ2n) is 4.70. The minimum absolute atomic E-state index is 0.107. The maximum Gasteiger partial charge on any atom is 0.357 e. The molecule has 0 radical (unpaired) electrons. The molecule has 0 unspecified atom stereocenters. The topological polar surface area (TPSA) is 39.2 Å². The summed E-state index contributed by atoms with van der Waals surface area (Å²) in [4.78, 5) is 16.2. The Balaban J connectivity index is 1.75. The number of ether oxygens (including phenoxy) is 1. The van der Waals surface area contributed by atoms with Gasteiger partial charge in [0.15, 0.2) is 0 Å². The van der Waals surface area contributed by atoms with Crippen LogP contribution in [0.4, 0.5) is 8.78 Å². The van der Waals surface area contributed by atoms with Crippen LogP contribution in [0.25, 0.3) is 10.9 Å². The fraction of sp³-hybridized carbons (Fsp3) is 0.0588. The molecule has 0 saturated carbocycles. The second-order valence-corrected chi connectivity index (χ2v) is 4.70. The predicted molar refractivity (Wildman–Crippen MR) is 77.2 cm³/mol. The molecular formula is C17H11F2NO2. The Morgan fingerprint density at radius 1 is 1.05 bits per heavy atom. The summed E-state index contributed by atoms with van der Waals surface area (Å²) in [5, 5.41) is 0.906. The molecule has 3 nitrogen and oxygen atoms in total. The highest BCUT2D eigenvalue weighted by molar-refractivity contribution is 5.90. The van der Waals surface area contributed by atoms with Crippen LogP contribution in [0.15, 0.2) is 54.6 Å². The van der Waals surface area contributed by atoms with Gasteiger partial charge in [-0.05, 0) is 24.3 Å². The van der Waals surface area contributed by atoms with Gasteiger partial charge in [-0.1, -0.05) is 24.3 Å². The zero-order valence-electron chi connectivity index (χ0n) is 11.4. The lowest BCUT2D eigenvalue weighted by Crippen LogP contribution is -2.08. The van der Waals surface area contributed by atoms with Gasteiger partial charge in [0.2, 0.25) is 0 Å². The van der Waals surface area contributed by atoms with E-state index in [0.29, 0.717) is 5.52 Å². The quantitative estimate of drug-likeness (QED) is 0.689. The average molecular weight is 299 g/mol. The molecule has 110 valence electrons. The summed E-state index contributed by atoms with van der Waals surface area (Å²) in [6, 6.07) is 13.8. The number of halogens is 2. The highest BCUT2D eigenvalue weighted by Crippen LogP contribution is 2.14. The molecule has 0 atom stereocenters. The first-order valence-electron chi connectivity index (χ1n) is 6.60. The summed E-state index contributed by atoms with van der Waals surface area (Å²) in [7, 11) is 0. The lowest BCUT2D eigenvalue weighted by Gasteiger charge is -2.06. The van der Waals surface area contributed by atoms with Crippen molar-refractivity contribution >= 4 is 16.9 Å². The number of aromatic nitrogens is 1. The van der Waals surface area contributed by atoms with Gasteiger partial charge in [0, 0.05) is 17.0 Å². The molecule has 1 heterocycles. The fourth-order valence-corrected chi connectivity index (χ4v) is 2.04. The van der Waals surface area contributed by atoms with Crippen molar-refractivity contribution in [3.05, 3.63) is 77.5 Å². The Morgan fingerprint density at radius 2 is 1.86 bits per heavy atom. The van der Waals surface area contributed by atoms with E-state index in [4.69, 9.17) is 4.74 Å². The summed E-state index contributed by atoms with van der Waals surface area (Å²) in [5.41, 5.74) is 0.918. The van der Waals surface area contributed by atoms with Gasteiger partial charge in [-0.15, -0.1) is 0 Å². The summed E-state index contributed by atoms with van der Waals surface area (Å²) in [6.45, 7) is -0.278. The maximum atomic E-state index is 13.5. The zero-order chi connectivity index (χ0) is 15.5. The number of pyridine rings is 1. The van der Waals surface area contributed by atoms with Crippen LogP contribution in [-0.4, -0.2) is 11.0 Å². The second kappa shape index (κ2) is 5.89. The molecule has 0 bridgehead atoms. The number of nitrogens with zero attached hydrogens (tertiary/aromatic N) is 1. The Hall–Kier alpha value is -2.82. The van der Waals surface area contributed by atoms with Crippen LogP contribution in [0.3, 0.4) is 0 Å². The number of hydrogen-bond donors (Lipinski definition) is 0. The normalized spacial score (nSPS) is 10.6. The van der Waals surface area contributed by atoms with Gasteiger partial charge in [-0.2, -0.15) is 0 Å². The van der Waals surface area contributed by atoms with E-state index in [1.54, 1.807) is 18.2 Å². The van der Waals surface area contributed by atoms with Crippen molar-refractivity contribution in [2.24, 2.45) is 0 Å². The Morgan fingerprint density at radius 3 is 2.68 bits per heavy atom. The maximum absolute atomic E-state index is 13.5. The summed E-state index contributed by atoms with van der Waals surface area (Å²) < 4.78 is 31.3. The molecule has 3 aromatic rings. The van der Waals surface area contributed by atoms with Gasteiger partial charge in [0.25, 0.3) is 0 Å². The van der Waals surface area contributed by atoms with Gasteiger partial charge in [-0.3, -0.25) is 0 Å². The third-order valence-electron chi connectivity index (χ3n) is 3.18. The molecule has 0 aliphatic heterocycles. The van der Waals surface area contributed by atoms with E-state index in [2.05, 4.69) is 4.98 Å². The number of carbonyl (C=O) groups is 1. The van der Waals surface area contributed by atoms with Crippen molar-refractivity contribution in [3.63, 3.8) is 0 Å². The van der Waals surface area contributed by atoms with Gasteiger partial charge < -0.3 is 4.74 Å². The van der Waals surface area contributed by atoms with E-state index in [1.807, 2.05) is 18.2 Å². The molecule has 0 fully saturated rings. The highest BCUT2D eigenvalue weighted by atomic mass is 19.1. The van der Waals surface area contributed by atoms with Crippen molar-refractivity contribution in [2.75, 3.05) is 0 Å². The standard InChI is InChI=1S/C17H11F2NO2/c18-13-7-5-12(14(19)9-13)10-22-17(21)16-8-6-11-3-1-2-4-15(11)20-16/h1-9H,10H2. The largest absolute Gasteiger partial charge is 0.456 e. The molecule has 0 spiro atoms. The first-order chi connectivity index (χ1) is 10.6. The third-order valence-corrected chi connectivity index (χ3v) is 3.18. The van der Waals surface area contributed by atoms with Crippen molar-refractivity contribution < 1.29 is 18.3 Å². The minimum atomic E-state index is -0.751. The molecule has 22 heavy (non-hydrogen) atoms. The van der Waals surface area contributed by atoms with Gasteiger partial charge in [-0.25, -0.2) is 18.6 Å².